The summed E-state index contributed by atoms with van der Waals surface area (Å²) >= 11 is 0. The third-order valence-electron chi connectivity index (χ3n) is 1.80. The minimum Gasteiger partial charge on any atom is -0.397 e. The quantitative estimate of drug-likeness (QED) is 0.434. The Kier molecular flexibility index (Phi) is 2.88. The molecular formula is C8H11N3O3. The maximum absolute atomic E-state index is 10.4. The summed E-state index contributed by atoms with van der Waals surface area (Å²) in [4.78, 5) is 9.84. The largest absolute Gasteiger partial charge is 0.397 e. The molecule has 0 heterocycles. The van der Waals surface area contributed by atoms with Gasteiger partial charge in [-0.1, -0.05) is 0 Å². The lowest BCUT2D eigenvalue weighted by Gasteiger charge is -2.15. The summed E-state index contributed by atoms with van der Waals surface area (Å²) < 4.78 is 0. The molecule has 3 N–H and O–H groups in total. The molecule has 1 aromatic carbocycles. The highest BCUT2D eigenvalue weighted by atomic mass is 16.6. The van der Waals surface area contributed by atoms with Crippen molar-refractivity contribution in [2.45, 2.75) is 6.92 Å². The summed E-state index contributed by atoms with van der Waals surface area (Å²) in [5.74, 6) is 0. The molecule has 1 aromatic rings. The Morgan fingerprint density at radius 1 is 1.64 bits per heavy atom. The third kappa shape index (κ3) is 1.91. The summed E-state index contributed by atoms with van der Waals surface area (Å²) in [6.07, 6.45) is 0. The Morgan fingerprint density at radius 2 is 2.29 bits per heavy atom. The molecule has 0 saturated heterocycles. The van der Waals surface area contributed by atoms with Crippen LogP contribution in [0, 0.1) is 10.1 Å². The van der Waals surface area contributed by atoms with E-state index in [0.717, 1.165) is 5.06 Å². The van der Waals surface area contributed by atoms with Gasteiger partial charge in [-0.15, -0.1) is 0 Å². The summed E-state index contributed by atoms with van der Waals surface area (Å²) in [6, 6.07) is 3.93. The van der Waals surface area contributed by atoms with Crippen LogP contribution in [0.4, 0.5) is 17.1 Å². The number of anilines is 2. The first-order valence-corrected chi connectivity index (χ1v) is 4.06. The minimum absolute atomic E-state index is 0.0873. The Bertz CT molecular complexity index is 354. The van der Waals surface area contributed by atoms with Crippen molar-refractivity contribution in [2.75, 3.05) is 17.3 Å². The van der Waals surface area contributed by atoms with Gasteiger partial charge in [-0.2, -0.15) is 0 Å². The molecule has 0 bridgehead atoms. The van der Waals surface area contributed by atoms with E-state index in [1.54, 1.807) is 6.92 Å². The lowest BCUT2D eigenvalue weighted by Crippen LogP contribution is -2.18. The predicted octanol–water partition coefficient (Wildman–Crippen LogP) is 1.39. The van der Waals surface area contributed by atoms with Gasteiger partial charge in [0.05, 0.1) is 16.3 Å². The molecule has 0 fully saturated rings. The van der Waals surface area contributed by atoms with Gasteiger partial charge in [0.15, 0.2) is 0 Å². The highest BCUT2D eigenvalue weighted by Gasteiger charge is 2.11. The van der Waals surface area contributed by atoms with Crippen molar-refractivity contribution in [2.24, 2.45) is 0 Å². The number of rotatable bonds is 3. The zero-order chi connectivity index (χ0) is 10.7. The molecule has 0 aliphatic carbocycles. The maximum Gasteiger partial charge on any atom is 0.271 e. The van der Waals surface area contributed by atoms with Crippen molar-refractivity contribution in [3.8, 4) is 0 Å². The Morgan fingerprint density at radius 3 is 2.71 bits per heavy atom. The van der Waals surface area contributed by atoms with E-state index in [0.29, 0.717) is 12.2 Å². The van der Waals surface area contributed by atoms with Crippen LogP contribution >= 0.6 is 0 Å². The van der Waals surface area contributed by atoms with Gasteiger partial charge in [-0.25, -0.2) is 0 Å². The molecule has 0 unspecified atom stereocenters. The van der Waals surface area contributed by atoms with Gasteiger partial charge in [0.2, 0.25) is 0 Å². The van der Waals surface area contributed by atoms with Crippen molar-refractivity contribution in [1.82, 2.24) is 0 Å². The minimum atomic E-state index is -0.534. The number of nitrogens with zero attached hydrogens (tertiary/aromatic N) is 2. The van der Waals surface area contributed by atoms with Crippen molar-refractivity contribution >= 4 is 17.1 Å². The van der Waals surface area contributed by atoms with Crippen molar-refractivity contribution in [1.29, 1.82) is 0 Å². The summed E-state index contributed by atoms with van der Waals surface area (Å²) in [7, 11) is 0. The Labute approximate surface area is 80.7 Å². The van der Waals surface area contributed by atoms with E-state index in [9.17, 15) is 15.3 Å². The highest BCUT2D eigenvalue weighted by molar-refractivity contribution is 5.69. The fraction of sp³-hybridized carbons (Fsp3) is 0.250. The summed E-state index contributed by atoms with van der Waals surface area (Å²) in [5, 5.41) is 20.6. The molecular weight excluding hydrogens is 186 g/mol. The van der Waals surface area contributed by atoms with Gasteiger partial charge in [0.1, 0.15) is 0 Å². The van der Waals surface area contributed by atoms with E-state index in [4.69, 9.17) is 5.73 Å². The van der Waals surface area contributed by atoms with Gasteiger partial charge >= 0.3 is 0 Å². The molecule has 76 valence electrons. The molecule has 0 aliphatic heterocycles. The molecule has 0 atom stereocenters. The topological polar surface area (TPSA) is 92.6 Å². The number of non-ortho nitro benzene ring substituents is 1. The summed E-state index contributed by atoms with van der Waals surface area (Å²) in [6.45, 7) is 2.10. The van der Waals surface area contributed by atoms with Crippen molar-refractivity contribution in [3.05, 3.63) is 28.3 Å². The van der Waals surface area contributed by atoms with E-state index in [1.165, 1.54) is 18.2 Å². The summed E-state index contributed by atoms with van der Waals surface area (Å²) in [5.41, 5.74) is 6.00. The van der Waals surface area contributed by atoms with Crippen LogP contribution in [0.25, 0.3) is 0 Å². The lowest BCUT2D eigenvalue weighted by atomic mass is 10.2. The van der Waals surface area contributed by atoms with E-state index < -0.39 is 4.92 Å². The smallest absolute Gasteiger partial charge is 0.271 e. The molecule has 6 heteroatoms. The number of nitrogens with two attached hydrogens (primary N) is 1. The second-order valence-electron chi connectivity index (χ2n) is 2.72. The fourth-order valence-corrected chi connectivity index (χ4v) is 1.06. The Hall–Kier alpha value is -1.82. The monoisotopic (exact) mass is 197 g/mol. The van der Waals surface area contributed by atoms with E-state index >= 15 is 0 Å². The van der Waals surface area contributed by atoms with Gasteiger partial charge in [0, 0.05) is 18.7 Å². The molecule has 14 heavy (non-hydrogen) atoms. The van der Waals surface area contributed by atoms with Crippen LogP contribution in [0.5, 0.6) is 0 Å². The lowest BCUT2D eigenvalue weighted by molar-refractivity contribution is -0.384. The normalized spacial score (nSPS) is 9.86. The number of hydrogen-bond acceptors (Lipinski definition) is 5. The standard InChI is InChI=1S/C8H11N3O3/c1-2-10(12)8-4-3-6(11(13)14)5-7(8)9/h3-5,12H,2,9H2,1H3. The zero-order valence-electron chi connectivity index (χ0n) is 7.67. The first-order valence-electron chi connectivity index (χ1n) is 4.06. The predicted molar refractivity (Wildman–Crippen MR) is 52.3 cm³/mol. The number of nitro benzene ring substituents is 1. The maximum atomic E-state index is 10.4. The number of hydroxylamine groups is 1. The van der Waals surface area contributed by atoms with Crippen molar-refractivity contribution in [3.63, 3.8) is 0 Å². The van der Waals surface area contributed by atoms with Crippen LogP contribution in [0.15, 0.2) is 18.2 Å². The first-order chi connectivity index (χ1) is 6.56. The number of nitro groups is 1. The number of benzene rings is 1. The molecule has 0 amide bonds. The second kappa shape index (κ2) is 3.93. The third-order valence-corrected chi connectivity index (χ3v) is 1.80. The highest BCUT2D eigenvalue weighted by Crippen LogP contribution is 2.26. The SMILES string of the molecule is CCN(O)c1ccc([N+](=O)[O-])cc1N. The average Bonchev–Trinajstić information content (AvgIpc) is 2.16. The van der Waals surface area contributed by atoms with E-state index in [1.807, 2.05) is 0 Å². The number of hydrogen-bond donors (Lipinski definition) is 2. The van der Waals surface area contributed by atoms with Crippen LogP contribution in [-0.2, 0) is 0 Å². The van der Waals surface area contributed by atoms with Gasteiger partial charge in [-0.05, 0) is 13.0 Å². The zero-order valence-corrected chi connectivity index (χ0v) is 7.67. The van der Waals surface area contributed by atoms with E-state index in [-0.39, 0.29) is 11.4 Å². The van der Waals surface area contributed by atoms with Gasteiger partial charge in [0.25, 0.3) is 5.69 Å². The van der Waals surface area contributed by atoms with Crippen molar-refractivity contribution < 1.29 is 10.1 Å². The first kappa shape index (κ1) is 10.3. The molecule has 1 rings (SSSR count). The van der Waals surface area contributed by atoms with Crippen LogP contribution in [-0.4, -0.2) is 16.7 Å². The van der Waals surface area contributed by atoms with Crippen LogP contribution in [0.3, 0.4) is 0 Å². The molecule has 0 saturated carbocycles. The van der Waals surface area contributed by atoms with Crippen LogP contribution in [0.2, 0.25) is 0 Å². The number of nitrogen functional groups attached to an aromatic ring is 1. The van der Waals surface area contributed by atoms with Gasteiger partial charge in [-0.3, -0.25) is 20.4 Å². The van der Waals surface area contributed by atoms with Crippen LogP contribution in [0.1, 0.15) is 6.92 Å². The molecule has 0 aromatic heterocycles. The fourth-order valence-electron chi connectivity index (χ4n) is 1.06. The van der Waals surface area contributed by atoms with Crippen LogP contribution < -0.4 is 10.8 Å². The molecule has 6 nitrogen and oxygen atoms in total. The van der Waals surface area contributed by atoms with Gasteiger partial charge < -0.3 is 5.73 Å². The Balaban J connectivity index is 3.07. The molecule has 0 aliphatic rings. The van der Waals surface area contributed by atoms with E-state index in [2.05, 4.69) is 0 Å². The average molecular weight is 197 g/mol. The molecule has 0 radical (unpaired) electrons. The second-order valence-corrected chi connectivity index (χ2v) is 2.72. The molecule has 0 spiro atoms.